The van der Waals surface area contributed by atoms with Crippen LogP contribution in [0.15, 0.2) is 29.4 Å². The van der Waals surface area contributed by atoms with Gasteiger partial charge in [-0.3, -0.25) is 0 Å². The molecule has 2 nitrogen and oxygen atoms in total. The molecule has 0 aromatic heterocycles. The predicted molar refractivity (Wildman–Crippen MR) is 78.0 cm³/mol. The predicted octanol–water partition coefficient (Wildman–Crippen LogP) is 6.23. The molecule has 1 aromatic rings. The van der Waals surface area contributed by atoms with Crippen molar-refractivity contribution in [2.45, 2.75) is 55.2 Å². The van der Waals surface area contributed by atoms with Crippen molar-refractivity contribution in [1.82, 2.24) is 0 Å². The van der Waals surface area contributed by atoms with E-state index in [1.54, 1.807) is 6.92 Å². The fourth-order valence-corrected chi connectivity index (χ4v) is 2.47. The standard InChI is InChI=1S/C16H10F13NO/c1-7-2-4-8(5-3-7)9-6-10(31-30-9)11(17,18)12(19,20)13(21,22)14(23,24)15(25,26)16(27,28)29/h2-5,10H,6H2,1H3/t10-/m1/s1. The minimum Gasteiger partial charge on any atom is -0.385 e. The van der Waals surface area contributed by atoms with Crippen molar-refractivity contribution in [1.29, 1.82) is 0 Å². The van der Waals surface area contributed by atoms with E-state index >= 15 is 0 Å². The van der Waals surface area contributed by atoms with Gasteiger partial charge >= 0.3 is 35.8 Å². The zero-order valence-corrected chi connectivity index (χ0v) is 14.9. The highest BCUT2D eigenvalue weighted by molar-refractivity contribution is 6.01. The second kappa shape index (κ2) is 7.15. The summed E-state index contributed by atoms with van der Waals surface area (Å²) >= 11 is 0. The molecule has 31 heavy (non-hydrogen) atoms. The molecule has 0 saturated heterocycles. The third-order valence-electron chi connectivity index (χ3n) is 4.42. The van der Waals surface area contributed by atoms with Crippen molar-refractivity contribution in [3.05, 3.63) is 35.4 Å². The number of rotatable bonds is 6. The average Bonchev–Trinajstić information content (AvgIpc) is 3.11. The van der Waals surface area contributed by atoms with Crippen LogP contribution in [0.25, 0.3) is 0 Å². The van der Waals surface area contributed by atoms with Crippen LogP contribution in [0.2, 0.25) is 0 Å². The van der Waals surface area contributed by atoms with E-state index in [1.807, 2.05) is 0 Å². The summed E-state index contributed by atoms with van der Waals surface area (Å²) in [5.74, 6) is -37.3. The molecule has 1 atom stereocenters. The van der Waals surface area contributed by atoms with Crippen LogP contribution in [-0.4, -0.2) is 47.6 Å². The SMILES string of the molecule is Cc1ccc(C2=NO[C@@H](C(F)(F)C(F)(F)C(F)(F)C(F)(F)C(F)(F)C(F)(F)F)C2)cc1. The molecule has 15 heteroatoms. The molecule has 1 heterocycles. The maximum Gasteiger partial charge on any atom is 0.460 e. The maximum absolute atomic E-state index is 14.1. The summed E-state index contributed by atoms with van der Waals surface area (Å²) < 4.78 is 171. The summed E-state index contributed by atoms with van der Waals surface area (Å²) in [6, 6.07) is 5.30. The lowest BCUT2D eigenvalue weighted by atomic mass is 9.89. The average molecular weight is 479 g/mol. The first-order valence-corrected chi connectivity index (χ1v) is 7.97. The molecule has 2 rings (SSSR count). The zero-order valence-electron chi connectivity index (χ0n) is 14.9. The summed E-state index contributed by atoms with van der Waals surface area (Å²) in [5.41, 5.74) is 0.147. The largest absolute Gasteiger partial charge is 0.460 e. The molecule has 0 unspecified atom stereocenters. The number of nitrogens with zero attached hydrogens (tertiary/aromatic N) is 1. The Balaban J connectivity index is 2.38. The van der Waals surface area contributed by atoms with E-state index in [-0.39, 0.29) is 5.56 Å². The molecule has 1 aliphatic heterocycles. The third-order valence-corrected chi connectivity index (χ3v) is 4.42. The molecule has 0 bridgehead atoms. The van der Waals surface area contributed by atoms with Gasteiger partial charge in [0, 0.05) is 6.42 Å². The number of hydrogen-bond acceptors (Lipinski definition) is 2. The Morgan fingerprint density at radius 1 is 0.710 bits per heavy atom. The Morgan fingerprint density at radius 3 is 1.61 bits per heavy atom. The van der Waals surface area contributed by atoms with Gasteiger partial charge in [0.15, 0.2) is 0 Å². The van der Waals surface area contributed by atoms with Gasteiger partial charge < -0.3 is 4.84 Å². The minimum atomic E-state index is -7.94. The van der Waals surface area contributed by atoms with Crippen molar-refractivity contribution in [3.63, 3.8) is 0 Å². The molecule has 0 amide bonds. The van der Waals surface area contributed by atoms with Gasteiger partial charge in [0.05, 0.1) is 5.71 Å². The molecule has 0 radical (unpaired) electrons. The van der Waals surface area contributed by atoms with Gasteiger partial charge in [-0.15, -0.1) is 0 Å². The van der Waals surface area contributed by atoms with E-state index in [9.17, 15) is 57.1 Å². The first-order chi connectivity index (χ1) is 13.7. The van der Waals surface area contributed by atoms with Crippen molar-refractivity contribution in [2.75, 3.05) is 0 Å². The van der Waals surface area contributed by atoms with Gasteiger partial charge in [0.1, 0.15) is 0 Å². The van der Waals surface area contributed by atoms with Crippen LogP contribution >= 0.6 is 0 Å². The van der Waals surface area contributed by atoms with Crippen molar-refractivity contribution in [3.8, 4) is 0 Å². The van der Waals surface area contributed by atoms with Crippen LogP contribution in [0.1, 0.15) is 17.5 Å². The quantitative estimate of drug-likeness (QED) is 0.444. The van der Waals surface area contributed by atoms with E-state index in [0.717, 1.165) is 0 Å². The van der Waals surface area contributed by atoms with Gasteiger partial charge in [-0.05, 0) is 12.5 Å². The van der Waals surface area contributed by atoms with E-state index < -0.39 is 54.0 Å². The number of aryl methyl sites for hydroxylation is 1. The van der Waals surface area contributed by atoms with Crippen LogP contribution in [0, 0.1) is 6.92 Å². The van der Waals surface area contributed by atoms with Gasteiger partial charge in [-0.1, -0.05) is 35.0 Å². The van der Waals surface area contributed by atoms with Crippen LogP contribution in [0.3, 0.4) is 0 Å². The van der Waals surface area contributed by atoms with Crippen LogP contribution in [0.5, 0.6) is 0 Å². The number of hydrogen-bond donors (Lipinski definition) is 0. The fourth-order valence-electron chi connectivity index (χ4n) is 2.47. The van der Waals surface area contributed by atoms with E-state index in [1.165, 1.54) is 24.3 Å². The Morgan fingerprint density at radius 2 is 1.16 bits per heavy atom. The summed E-state index contributed by atoms with van der Waals surface area (Å²) in [5, 5.41) is 2.97. The lowest BCUT2D eigenvalue weighted by molar-refractivity contribution is -0.444. The normalized spacial score (nSPS) is 19.3. The Labute approximate surface area is 164 Å². The molecule has 0 aliphatic carbocycles. The zero-order chi connectivity index (χ0) is 24.3. The molecule has 0 N–H and O–H groups in total. The first-order valence-electron chi connectivity index (χ1n) is 7.97. The smallest absolute Gasteiger partial charge is 0.385 e. The monoisotopic (exact) mass is 479 g/mol. The molecule has 1 aliphatic rings. The highest BCUT2D eigenvalue weighted by Crippen LogP contribution is 2.61. The molecule has 1 aromatic carbocycles. The molecule has 176 valence electrons. The van der Waals surface area contributed by atoms with Gasteiger partial charge in [0.25, 0.3) is 0 Å². The van der Waals surface area contributed by atoms with E-state index in [4.69, 9.17) is 0 Å². The van der Waals surface area contributed by atoms with Gasteiger partial charge in [0.2, 0.25) is 6.10 Å². The lowest BCUT2D eigenvalue weighted by Gasteiger charge is -2.40. The fraction of sp³-hybridized carbons (Fsp3) is 0.562. The van der Waals surface area contributed by atoms with Gasteiger partial charge in [-0.25, -0.2) is 0 Å². The number of alkyl halides is 13. The van der Waals surface area contributed by atoms with Crippen molar-refractivity contribution in [2.24, 2.45) is 5.16 Å². The Bertz CT molecular complexity index is 842. The lowest BCUT2D eigenvalue weighted by Crippen LogP contribution is -2.71. The topological polar surface area (TPSA) is 21.6 Å². The summed E-state index contributed by atoms with van der Waals surface area (Å²) in [6.45, 7) is 1.60. The van der Waals surface area contributed by atoms with Crippen molar-refractivity contribution >= 4 is 5.71 Å². The van der Waals surface area contributed by atoms with Crippen LogP contribution < -0.4 is 0 Å². The molecule has 0 spiro atoms. The van der Waals surface area contributed by atoms with Crippen LogP contribution in [-0.2, 0) is 4.84 Å². The molecular weight excluding hydrogens is 469 g/mol. The second-order valence-electron chi connectivity index (χ2n) is 6.62. The van der Waals surface area contributed by atoms with Gasteiger partial charge in [-0.2, -0.15) is 57.1 Å². The van der Waals surface area contributed by atoms with E-state index in [2.05, 4.69) is 9.99 Å². The summed E-state index contributed by atoms with van der Waals surface area (Å²) in [4.78, 5) is 3.93. The molecule has 0 fully saturated rings. The Hall–Kier alpha value is -2.22. The Kier molecular flexibility index (Phi) is 5.78. The molecular formula is C16H10F13NO. The highest BCUT2D eigenvalue weighted by Gasteiger charge is 2.91. The maximum atomic E-state index is 14.1. The number of benzene rings is 1. The molecule has 0 saturated carbocycles. The summed E-state index contributed by atoms with van der Waals surface area (Å²) in [6.07, 6.45) is -12.2. The highest BCUT2D eigenvalue weighted by atomic mass is 19.4. The minimum absolute atomic E-state index is 0.00656. The first kappa shape index (κ1) is 25.0. The van der Waals surface area contributed by atoms with Crippen LogP contribution in [0.4, 0.5) is 57.1 Å². The van der Waals surface area contributed by atoms with E-state index in [0.29, 0.717) is 5.56 Å². The number of halogens is 13. The summed E-state index contributed by atoms with van der Waals surface area (Å²) in [7, 11) is 0. The third kappa shape index (κ3) is 3.58. The number of oxime groups is 1. The van der Waals surface area contributed by atoms with Crippen molar-refractivity contribution < 1.29 is 61.9 Å². The second-order valence-corrected chi connectivity index (χ2v) is 6.62.